The number of pyridine rings is 1. The van der Waals surface area contributed by atoms with Crippen molar-refractivity contribution >= 4 is 10.9 Å². The van der Waals surface area contributed by atoms with Crippen molar-refractivity contribution in [3.8, 4) is 5.75 Å². The molecular formula is C20H23N3O. The van der Waals surface area contributed by atoms with E-state index in [9.17, 15) is 0 Å². The molecule has 1 aromatic carbocycles. The Bertz CT molecular complexity index is 854. The van der Waals surface area contributed by atoms with Gasteiger partial charge in [0.25, 0.3) is 0 Å². The van der Waals surface area contributed by atoms with Gasteiger partial charge in [0.2, 0.25) is 0 Å². The van der Waals surface area contributed by atoms with Gasteiger partial charge in [-0.3, -0.25) is 9.88 Å². The number of aromatic nitrogens is 2. The van der Waals surface area contributed by atoms with Gasteiger partial charge in [-0.2, -0.15) is 0 Å². The Kier molecular flexibility index (Phi) is 3.77. The Labute approximate surface area is 142 Å². The molecule has 3 heterocycles. The molecule has 0 saturated carbocycles. The fourth-order valence-corrected chi connectivity index (χ4v) is 3.87. The van der Waals surface area contributed by atoms with E-state index in [0.29, 0.717) is 6.04 Å². The number of hydrogen-bond acceptors (Lipinski definition) is 3. The summed E-state index contributed by atoms with van der Waals surface area (Å²) in [6, 6.07) is 11.2. The van der Waals surface area contributed by atoms with Crippen LogP contribution >= 0.6 is 0 Å². The summed E-state index contributed by atoms with van der Waals surface area (Å²) < 4.78 is 5.42. The van der Waals surface area contributed by atoms with Crippen molar-refractivity contribution in [2.75, 3.05) is 13.7 Å². The minimum absolute atomic E-state index is 0.223. The Morgan fingerprint density at radius 1 is 1.29 bits per heavy atom. The summed E-state index contributed by atoms with van der Waals surface area (Å²) in [6.07, 6.45) is 4.88. The zero-order chi connectivity index (χ0) is 16.7. The molecular weight excluding hydrogens is 298 g/mol. The van der Waals surface area contributed by atoms with Crippen LogP contribution in [0.1, 0.15) is 36.7 Å². The summed E-state index contributed by atoms with van der Waals surface area (Å²) in [5.74, 6) is 0.911. The zero-order valence-corrected chi connectivity index (χ0v) is 14.4. The number of fused-ring (bicyclic) bond motifs is 3. The lowest BCUT2D eigenvalue weighted by Crippen LogP contribution is -2.40. The molecule has 0 amide bonds. The average Bonchev–Trinajstić information content (AvgIpc) is 2.99. The van der Waals surface area contributed by atoms with Gasteiger partial charge in [0, 0.05) is 41.6 Å². The van der Waals surface area contributed by atoms with Crippen LogP contribution in [0.3, 0.4) is 0 Å². The molecule has 4 rings (SSSR count). The van der Waals surface area contributed by atoms with E-state index < -0.39 is 0 Å². The lowest BCUT2D eigenvalue weighted by Gasteiger charge is -2.38. The summed E-state index contributed by atoms with van der Waals surface area (Å²) in [7, 11) is 1.72. The first-order valence-electron chi connectivity index (χ1n) is 8.53. The maximum Gasteiger partial charge on any atom is 0.119 e. The highest BCUT2D eigenvalue weighted by molar-refractivity contribution is 5.86. The van der Waals surface area contributed by atoms with E-state index in [0.717, 1.165) is 18.7 Å². The second-order valence-electron chi connectivity index (χ2n) is 6.70. The molecule has 0 unspecified atom stereocenters. The highest BCUT2D eigenvalue weighted by atomic mass is 16.5. The van der Waals surface area contributed by atoms with E-state index in [-0.39, 0.29) is 6.04 Å². The lowest BCUT2D eigenvalue weighted by atomic mass is 9.92. The number of benzene rings is 1. The van der Waals surface area contributed by atoms with Crippen molar-refractivity contribution in [1.29, 1.82) is 0 Å². The monoisotopic (exact) mass is 321 g/mol. The molecule has 24 heavy (non-hydrogen) atoms. The van der Waals surface area contributed by atoms with E-state index in [1.54, 1.807) is 7.11 Å². The average molecular weight is 321 g/mol. The SMILES string of the molecule is COc1ccc2[nH]c3c(c2c1)CCN(C(C)C)[C@@H]3c1cccnc1. The molecule has 4 nitrogen and oxygen atoms in total. The van der Waals surface area contributed by atoms with Crippen molar-refractivity contribution in [3.05, 3.63) is 59.5 Å². The molecule has 4 heteroatoms. The number of nitrogens with one attached hydrogen (secondary N) is 1. The molecule has 1 aliphatic heterocycles. The zero-order valence-electron chi connectivity index (χ0n) is 14.4. The number of ether oxygens (including phenoxy) is 1. The number of methoxy groups -OCH3 is 1. The van der Waals surface area contributed by atoms with Crippen LogP contribution in [-0.2, 0) is 6.42 Å². The first kappa shape index (κ1) is 15.2. The molecule has 2 aromatic heterocycles. The van der Waals surface area contributed by atoms with Crippen LogP contribution in [0, 0.1) is 0 Å². The maximum absolute atomic E-state index is 5.42. The van der Waals surface area contributed by atoms with E-state index in [2.05, 4.69) is 46.9 Å². The van der Waals surface area contributed by atoms with Crippen LogP contribution in [0.15, 0.2) is 42.7 Å². The molecule has 3 aromatic rings. The first-order chi connectivity index (χ1) is 11.7. The summed E-state index contributed by atoms with van der Waals surface area (Å²) in [4.78, 5) is 10.6. The Balaban J connectivity index is 1.91. The standard InChI is InChI=1S/C20H23N3O/c1-13(2)23-10-8-16-17-11-15(24-3)6-7-18(17)22-19(16)20(23)14-5-4-9-21-12-14/h4-7,9,11-13,20,22H,8,10H2,1-3H3/t20-/m1/s1. The van der Waals surface area contributed by atoms with Gasteiger partial charge < -0.3 is 9.72 Å². The van der Waals surface area contributed by atoms with E-state index in [1.165, 1.54) is 27.7 Å². The molecule has 0 bridgehead atoms. The van der Waals surface area contributed by atoms with Crippen LogP contribution in [-0.4, -0.2) is 34.6 Å². The second-order valence-corrected chi connectivity index (χ2v) is 6.70. The smallest absolute Gasteiger partial charge is 0.119 e. The van der Waals surface area contributed by atoms with Crippen LogP contribution in [0.4, 0.5) is 0 Å². The fraction of sp³-hybridized carbons (Fsp3) is 0.350. The predicted octanol–water partition coefficient (Wildman–Crippen LogP) is 3.93. The van der Waals surface area contributed by atoms with Gasteiger partial charge in [0.15, 0.2) is 0 Å². The predicted molar refractivity (Wildman–Crippen MR) is 96.5 cm³/mol. The summed E-state index contributed by atoms with van der Waals surface area (Å²) in [5, 5.41) is 1.28. The van der Waals surface area contributed by atoms with Gasteiger partial charge >= 0.3 is 0 Å². The highest BCUT2D eigenvalue weighted by Gasteiger charge is 2.33. The Morgan fingerprint density at radius 3 is 2.88 bits per heavy atom. The lowest BCUT2D eigenvalue weighted by molar-refractivity contribution is 0.165. The number of H-pyrrole nitrogens is 1. The topological polar surface area (TPSA) is 41.1 Å². The van der Waals surface area contributed by atoms with Gasteiger partial charge in [0.1, 0.15) is 5.75 Å². The van der Waals surface area contributed by atoms with Gasteiger partial charge in [-0.05, 0) is 55.7 Å². The molecule has 1 atom stereocenters. The molecule has 0 radical (unpaired) electrons. The van der Waals surface area contributed by atoms with Crippen molar-refractivity contribution in [2.45, 2.75) is 32.4 Å². The second kappa shape index (κ2) is 5.95. The highest BCUT2D eigenvalue weighted by Crippen LogP contribution is 2.39. The normalized spacial score (nSPS) is 18.1. The van der Waals surface area contributed by atoms with Gasteiger partial charge in [-0.1, -0.05) is 6.07 Å². The first-order valence-corrected chi connectivity index (χ1v) is 8.53. The van der Waals surface area contributed by atoms with E-state index in [1.807, 2.05) is 24.5 Å². The van der Waals surface area contributed by atoms with Crippen LogP contribution in [0.5, 0.6) is 5.75 Å². The summed E-state index contributed by atoms with van der Waals surface area (Å²) in [5.41, 5.74) is 5.13. The number of aromatic amines is 1. The van der Waals surface area contributed by atoms with Gasteiger partial charge in [0.05, 0.1) is 13.2 Å². The fourth-order valence-electron chi connectivity index (χ4n) is 3.87. The maximum atomic E-state index is 5.42. The third-order valence-corrected chi connectivity index (χ3v) is 5.03. The van der Waals surface area contributed by atoms with Gasteiger partial charge in [-0.25, -0.2) is 0 Å². The van der Waals surface area contributed by atoms with Crippen LogP contribution in [0.25, 0.3) is 10.9 Å². The van der Waals surface area contributed by atoms with Crippen molar-refractivity contribution in [3.63, 3.8) is 0 Å². The van der Waals surface area contributed by atoms with Crippen molar-refractivity contribution < 1.29 is 4.74 Å². The van der Waals surface area contributed by atoms with Crippen LogP contribution < -0.4 is 4.74 Å². The number of hydrogen-bond donors (Lipinski definition) is 1. The number of rotatable bonds is 3. The molecule has 0 aliphatic carbocycles. The quantitative estimate of drug-likeness (QED) is 0.795. The minimum atomic E-state index is 0.223. The summed E-state index contributed by atoms with van der Waals surface area (Å²) in [6.45, 7) is 5.58. The number of nitrogens with zero attached hydrogens (tertiary/aromatic N) is 2. The Morgan fingerprint density at radius 2 is 2.17 bits per heavy atom. The van der Waals surface area contributed by atoms with Crippen molar-refractivity contribution in [1.82, 2.24) is 14.9 Å². The molecule has 124 valence electrons. The molecule has 0 spiro atoms. The molecule has 0 saturated heterocycles. The third kappa shape index (κ3) is 2.38. The summed E-state index contributed by atoms with van der Waals surface area (Å²) >= 11 is 0. The minimum Gasteiger partial charge on any atom is -0.497 e. The van der Waals surface area contributed by atoms with E-state index >= 15 is 0 Å². The van der Waals surface area contributed by atoms with Gasteiger partial charge in [-0.15, -0.1) is 0 Å². The molecule has 0 fully saturated rings. The molecule has 1 aliphatic rings. The van der Waals surface area contributed by atoms with Crippen molar-refractivity contribution in [2.24, 2.45) is 0 Å². The third-order valence-electron chi connectivity index (χ3n) is 5.03. The van der Waals surface area contributed by atoms with Crippen LogP contribution in [0.2, 0.25) is 0 Å². The molecule has 1 N–H and O–H groups in total. The largest absolute Gasteiger partial charge is 0.497 e. The Hall–Kier alpha value is -2.33. The van der Waals surface area contributed by atoms with E-state index in [4.69, 9.17) is 4.74 Å².